The second-order valence-corrected chi connectivity index (χ2v) is 15.0. The Kier molecular flexibility index (Phi) is 13.2. The first-order valence-corrected chi connectivity index (χ1v) is 22.8. The Labute approximate surface area is 273 Å². The Balaban J connectivity index is 0.000000179. The number of hydrogen-bond acceptors (Lipinski definition) is 0. The van der Waals surface area contributed by atoms with E-state index in [1.165, 1.54) is 79.8 Å². The summed E-state index contributed by atoms with van der Waals surface area (Å²) < 4.78 is 0. The molecule has 0 saturated heterocycles. The molecule has 4 heteroatoms. The Hall–Kier alpha value is -2.35. The molecule has 0 nitrogen and oxygen atoms in total. The quantitative estimate of drug-likeness (QED) is 0.128. The molecule has 7 rings (SSSR count). The number of halogens is 2. The van der Waals surface area contributed by atoms with Crippen LogP contribution in [0.4, 0.5) is 0 Å². The van der Waals surface area contributed by atoms with Crippen LogP contribution >= 0.6 is 17.0 Å². The molecule has 0 heterocycles. The molecule has 0 aliphatic heterocycles. The molecule has 0 aromatic heterocycles. The third-order valence-electron chi connectivity index (χ3n) is 7.33. The van der Waals surface area contributed by atoms with E-state index < -0.39 is 20.8 Å². The summed E-state index contributed by atoms with van der Waals surface area (Å²) >= 11 is -0.826. The molecule has 0 amide bonds. The minimum Gasteiger partial charge on any atom is -0.179 e. The molecule has 0 unspecified atom stereocenters. The van der Waals surface area contributed by atoms with Crippen LogP contribution in [0.5, 0.6) is 0 Å². The van der Waals surface area contributed by atoms with Gasteiger partial charge in [0.05, 0.1) is 0 Å². The molecule has 0 spiro atoms. The summed E-state index contributed by atoms with van der Waals surface area (Å²) in [6.07, 6.45) is 4.74. The molecule has 2 radical (unpaired) electrons. The monoisotopic (exact) mass is 680 g/mol. The molecule has 1 aliphatic carbocycles. The van der Waals surface area contributed by atoms with Gasteiger partial charge in [-0.2, -0.15) is 35.9 Å². The average Bonchev–Trinajstić information content (AvgIpc) is 3.62. The van der Waals surface area contributed by atoms with Gasteiger partial charge < -0.3 is 0 Å². The van der Waals surface area contributed by atoms with Crippen LogP contribution in [-0.4, -0.2) is 9.52 Å². The number of benzene rings is 5. The van der Waals surface area contributed by atoms with Crippen molar-refractivity contribution in [1.82, 2.24) is 0 Å². The molecular formula is C38H36Cl2SiZr. The van der Waals surface area contributed by atoms with Crippen LogP contribution < -0.4 is 0 Å². The average molecular weight is 683 g/mol. The fraction of sp³-hybridized carbons (Fsp3) is 0.184. The van der Waals surface area contributed by atoms with E-state index in [-0.39, 0.29) is 0 Å². The first-order valence-electron chi connectivity index (χ1n) is 14.4. The largest absolute Gasteiger partial charge is 0.179 e. The SMILES string of the molecule is CCCCc1cc2c(-c3cccc4ccccc34)cccc2[cH-]1.C[Si]C.[Cl][Zr+2][Cl].[c-]1cccc2c1Cc1ccccc1-2. The van der Waals surface area contributed by atoms with Crippen LogP contribution in [0.25, 0.3) is 43.8 Å². The number of fused-ring (bicyclic) bond motifs is 5. The molecule has 0 saturated carbocycles. The van der Waals surface area contributed by atoms with Crippen molar-refractivity contribution in [3.05, 3.63) is 138 Å². The van der Waals surface area contributed by atoms with E-state index in [2.05, 4.69) is 135 Å². The normalized spacial score (nSPS) is 10.7. The fourth-order valence-corrected chi connectivity index (χ4v) is 5.51. The zero-order valence-corrected chi connectivity index (χ0v) is 29.5. The number of aryl methyl sites for hydroxylation is 1. The summed E-state index contributed by atoms with van der Waals surface area (Å²) in [6, 6.07) is 44.8. The van der Waals surface area contributed by atoms with Gasteiger partial charge in [-0.3, -0.25) is 0 Å². The Morgan fingerprint density at radius 1 is 0.762 bits per heavy atom. The number of unbranched alkanes of at least 4 members (excludes halogenated alkanes) is 1. The van der Waals surface area contributed by atoms with Crippen molar-refractivity contribution in [1.29, 1.82) is 0 Å². The Bertz CT molecular complexity index is 1650. The molecule has 1 aliphatic rings. The van der Waals surface area contributed by atoms with Gasteiger partial charge >= 0.3 is 37.9 Å². The van der Waals surface area contributed by atoms with Gasteiger partial charge in [-0.25, -0.2) is 0 Å². The van der Waals surface area contributed by atoms with Crippen LogP contribution in [0.1, 0.15) is 36.5 Å². The van der Waals surface area contributed by atoms with Crippen LogP contribution in [0.3, 0.4) is 0 Å². The van der Waals surface area contributed by atoms with E-state index in [4.69, 9.17) is 17.0 Å². The molecule has 0 fully saturated rings. The second kappa shape index (κ2) is 17.1. The van der Waals surface area contributed by atoms with Gasteiger partial charge in [0.15, 0.2) is 0 Å². The van der Waals surface area contributed by atoms with E-state index in [1.807, 2.05) is 6.07 Å². The van der Waals surface area contributed by atoms with E-state index in [0.29, 0.717) is 0 Å². The van der Waals surface area contributed by atoms with Crippen molar-refractivity contribution in [2.24, 2.45) is 0 Å². The summed E-state index contributed by atoms with van der Waals surface area (Å²) in [5.41, 5.74) is 9.66. The minimum atomic E-state index is -0.826. The third kappa shape index (κ3) is 8.18. The molecule has 210 valence electrons. The van der Waals surface area contributed by atoms with Crippen molar-refractivity contribution in [2.75, 3.05) is 0 Å². The van der Waals surface area contributed by atoms with E-state index in [0.717, 1.165) is 15.9 Å². The van der Waals surface area contributed by atoms with Gasteiger partial charge in [-0.1, -0.05) is 122 Å². The first kappa shape index (κ1) is 32.6. The van der Waals surface area contributed by atoms with E-state index in [1.54, 1.807) is 0 Å². The maximum Gasteiger partial charge on any atom is -0.0253 e. The maximum absolute atomic E-state index is 4.93. The van der Waals surface area contributed by atoms with E-state index in [9.17, 15) is 0 Å². The van der Waals surface area contributed by atoms with Crippen molar-refractivity contribution >= 4 is 48.1 Å². The minimum absolute atomic E-state index is 0.826. The van der Waals surface area contributed by atoms with E-state index >= 15 is 0 Å². The van der Waals surface area contributed by atoms with Crippen LogP contribution in [0.2, 0.25) is 13.1 Å². The molecular weight excluding hydrogens is 647 g/mol. The van der Waals surface area contributed by atoms with Crippen LogP contribution in [-0.2, 0) is 33.7 Å². The molecule has 0 N–H and O–H groups in total. The molecule has 6 aromatic carbocycles. The topological polar surface area (TPSA) is 0 Å². The van der Waals surface area contributed by atoms with Crippen molar-refractivity contribution in [3.8, 4) is 22.3 Å². The maximum atomic E-state index is 4.93. The fourth-order valence-electron chi connectivity index (χ4n) is 5.51. The third-order valence-corrected chi connectivity index (χ3v) is 7.33. The van der Waals surface area contributed by atoms with Gasteiger partial charge in [0.2, 0.25) is 0 Å². The van der Waals surface area contributed by atoms with Crippen molar-refractivity contribution < 1.29 is 20.8 Å². The number of hydrogen-bond donors (Lipinski definition) is 0. The smallest absolute Gasteiger partial charge is 0.0253 e. The summed E-state index contributed by atoms with van der Waals surface area (Å²) in [5, 5.41) is 5.38. The zero-order valence-electron chi connectivity index (χ0n) is 24.6. The number of rotatable bonds is 4. The van der Waals surface area contributed by atoms with Gasteiger partial charge in [0.1, 0.15) is 0 Å². The molecule has 6 aromatic rings. The van der Waals surface area contributed by atoms with Crippen LogP contribution in [0.15, 0.2) is 115 Å². The molecule has 0 atom stereocenters. The zero-order chi connectivity index (χ0) is 29.7. The van der Waals surface area contributed by atoms with Gasteiger partial charge in [-0.15, -0.1) is 40.1 Å². The molecule has 0 bridgehead atoms. The van der Waals surface area contributed by atoms with Crippen LogP contribution in [0, 0.1) is 6.07 Å². The summed E-state index contributed by atoms with van der Waals surface area (Å²) in [6.45, 7) is 6.56. The summed E-state index contributed by atoms with van der Waals surface area (Å²) in [4.78, 5) is 0. The standard InChI is InChI=1S/C23H21.C13H9.C2H6Si.2ClH.Zr/c1-2-3-8-17-15-19-11-7-14-22(23(19)16-17)21-13-6-10-18-9-4-5-12-20(18)21;1-3-7-12-10(5-1)9-11-6-2-4-8-13(11)12;1-3-2;;;/h4-7,9-16H,2-3,8H2,1H3;1-5,7-8H,9H2;1-2H3;2*1H;/q2*-1;;;;+4/p-2. The van der Waals surface area contributed by atoms with Gasteiger partial charge in [-0.05, 0) is 29.2 Å². The molecule has 42 heavy (non-hydrogen) atoms. The predicted octanol–water partition coefficient (Wildman–Crippen LogP) is 11.9. The van der Waals surface area contributed by atoms with Gasteiger partial charge in [0, 0.05) is 9.52 Å². The summed E-state index contributed by atoms with van der Waals surface area (Å²) in [5.74, 6) is 0. The van der Waals surface area contributed by atoms with Crippen molar-refractivity contribution in [3.63, 3.8) is 0 Å². The van der Waals surface area contributed by atoms with Crippen molar-refractivity contribution in [2.45, 2.75) is 45.7 Å². The predicted molar refractivity (Wildman–Crippen MR) is 184 cm³/mol. The van der Waals surface area contributed by atoms with Gasteiger partial charge in [0.25, 0.3) is 0 Å². The second-order valence-electron chi connectivity index (χ2n) is 10.3. The first-order chi connectivity index (χ1) is 20.6. The Morgan fingerprint density at radius 3 is 2.17 bits per heavy atom. The summed E-state index contributed by atoms with van der Waals surface area (Å²) in [7, 11) is 11.0. The Morgan fingerprint density at radius 2 is 1.38 bits per heavy atom.